The summed E-state index contributed by atoms with van der Waals surface area (Å²) in [6.07, 6.45) is 3.10. The van der Waals surface area contributed by atoms with E-state index in [4.69, 9.17) is 21.1 Å². The molecule has 0 saturated heterocycles. The predicted molar refractivity (Wildman–Crippen MR) is 74.8 cm³/mol. The average Bonchev–Trinajstić information content (AvgIpc) is 2.42. The van der Waals surface area contributed by atoms with Crippen LogP contribution in [0.15, 0.2) is 30.7 Å². The van der Waals surface area contributed by atoms with Gasteiger partial charge in [-0.15, -0.1) is 0 Å². The molecule has 2 aromatic rings. The Kier molecular flexibility index (Phi) is 4.58. The molecule has 1 aromatic heterocycles. The molecular weight excluding hydrogens is 264 g/mol. The lowest BCUT2D eigenvalue weighted by Crippen LogP contribution is -1.98. The Labute approximate surface area is 117 Å². The Morgan fingerprint density at radius 2 is 1.84 bits per heavy atom. The zero-order valence-corrected chi connectivity index (χ0v) is 11.6. The van der Waals surface area contributed by atoms with Crippen LogP contribution in [0.1, 0.15) is 13.8 Å². The summed E-state index contributed by atoms with van der Waals surface area (Å²) in [5, 5.41) is 0.418. The van der Waals surface area contributed by atoms with Crippen LogP contribution < -0.4 is 9.47 Å². The van der Waals surface area contributed by atoms with Gasteiger partial charge in [-0.1, -0.05) is 17.7 Å². The van der Waals surface area contributed by atoms with Crippen LogP contribution in [-0.2, 0) is 0 Å². The summed E-state index contributed by atoms with van der Waals surface area (Å²) in [5.74, 6) is 1.42. The summed E-state index contributed by atoms with van der Waals surface area (Å²) >= 11 is 6.07. The smallest absolute Gasteiger partial charge is 0.161 e. The molecule has 0 bridgehead atoms. The van der Waals surface area contributed by atoms with Gasteiger partial charge in [0.25, 0.3) is 0 Å². The number of aromatic nitrogens is 2. The molecule has 4 nitrogen and oxygen atoms in total. The van der Waals surface area contributed by atoms with Crippen LogP contribution in [0.3, 0.4) is 0 Å². The minimum atomic E-state index is 0.418. The summed E-state index contributed by atoms with van der Waals surface area (Å²) in [4.78, 5) is 7.96. The van der Waals surface area contributed by atoms with Gasteiger partial charge in [-0.25, -0.2) is 9.97 Å². The number of hydrogen-bond donors (Lipinski definition) is 0. The van der Waals surface area contributed by atoms with Crippen molar-refractivity contribution in [1.82, 2.24) is 9.97 Å². The van der Waals surface area contributed by atoms with Gasteiger partial charge < -0.3 is 9.47 Å². The Morgan fingerprint density at radius 3 is 2.53 bits per heavy atom. The largest absolute Gasteiger partial charge is 0.490 e. The molecule has 0 aliphatic heterocycles. The van der Waals surface area contributed by atoms with Crippen molar-refractivity contribution in [1.29, 1.82) is 0 Å². The standard InChI is InChI=1S/C14H15ClN2O2/c1-3-18-12-6-5-10(7-13(12)19-4-2)11-8-16-9-17-14(11)15/h5-9H,3-4H2,1-2H3. The average molecular weight is 279 g/mol. The van der Waals surface area contributed by atoms with E-state index in [1.807, 2.05) is 32.0 Å². The molecule has 0 N–H and O–H groups in total. The highest BCUT2D eigenvalue weighted by Gasteiger charge is 2.10. The first kappa shape index (κ1) is 13.6. The summed E-state index contributed by atoms with van der Waals surface area (Å²) in [7, 11) is 0. The van der Waals surface area contributed by atoms with Gasteiger partial charge in [0, 0.05) is 11.8 Å². The van der Waals surface area contributed by atoms with E-state index in [2.05, 4.69) is 9.97 Å². The van der Waals surface area contributed by atoms with Gasteiger partial charge in [0.1, 0.15) is 11.5 Å². The van der Waals surface area contributed by atoms with Crippen molar-refractivity contribution in [3.63, 3.8) is 0 Å². The van der Waals surface area contributed by atoms with Gasteiger partial charge in [0.05, 0.1) is 13.2 Å². The van der Waals surface area contributed by atoms with Crippen LogP contribution in [-0.4, -0.2) is 23.2 Å². The van der Waals surface area contributed by atoms with E-state index < -0.39 is 0 Å². The molecule has 1 heterocycles. The lowest BCUT2D eigenvalue weighted by Gasteiger charge is -2.12. The molecule has 5 heteroatoms. The van der Waals surface area contributed by atoms with Gasteiger partial charge in [0.15, 0.2) is 11.5 Å². The fourth-order valence-electron chi connectivity index (χ4n) is 1.73. The molecule has 0 saturated carbocycles. The number of rotatable bonds is 5. The Morgan fingerprint density at radius 1 is 1.11 bits per heavy atom. The van der Waals surface area contributed by atoms with E-state index in [1.54, 1.807) is 6.20 Å². The highest BCUT2D eigenvalue weighted by atomic mass is 35.5. The maximum absolute atomic E-state index is 6.07. The minimum absolute atomic E-state index is 0.418. The summed E-state index contributed by atoms with van der Waals surface area (Å²) in [6.45, 7) is 5.03. The molecule has 2 rings (SSSR count). The van der Waals surface area contributed by atoms with Crippen molar-refractivity contribution in [3.05, 3.63) is 35.9 Å². The Hall–Kier alpha value is -1.81. The lowest BCUT2D eigenvalue weighted by molar-refractivity contribution is 0.288. The monoisotopic (exact) mass is 278 g/mol. The molecule has 0 spiro atoms. The summed E-state index contributed by atoms with van der Waals surface area (Å²) < 4.78 is 11.1. The first-order valence-electron chi connectivity index (χ1n) is 6.11. The summed E-state index contributed by atoms with van der Waals surface area (Å²) in [5.41, 5.74) is 1.67. The van der Waals surface area contributed by atoms with Crippen molar-refractivity contribution < 1.29 is 9.47 Å². The first-order chi connectivity index (χ1) is 9.26. The Balaban J connectivity index is 2.43. The minimum Gasteiger partial charge on any atom is -0.490 e. The normalized spacial score (nSPS) is 10.3. The Bertz CT molecular complexity index is 561. The molecule has 0 aliphatic carbocycles. The molecule has 0 unspecified atom stereocenters. The van der Waals surface area contributed by atoms with E-state index in [-0.39, 0.29) is 0 Å². The van der Waals surface area contributed by atoms with Crippen molar-refractivity contribution in [2.75, 3.05) is 13.2 Å². The van der Waals surface area contributed by atoms with Gasteiger partial charge in [-0.3, -0.25) is 0 Å². The third-order valence-corrected chi connectivity index (χ3v) is 2.82. The molecule has 0 fully saturated rings. The fourth-order valence-corrected chi connectivity index (χ4v) is 1.93. The third-order valence-electron chi connectivity index (χ3n) is 2.52. The number of ether oxygens (including phenoxy) is 2. The third kappa shape index (κ3) is 3.15. The SMILES string of the molecule is CCOc1ccc(-c2cncnc2Cl)cc1OCC. The fraction of sp³-hybridized carbons (Fsp3) is 0.286. The van der Waals surface area contributed by atoms with E-state index in [0.29, 0.717) is 24.1 Å². The topological polar surface area (TPSA) is 44.2 Å². The van der Waals surface area contributed by atoms with Crippen LogP contribution in [0.4, 0.5) is 0 Å². The molecule has 0 atom stereocenters. The molecule has 1 aromatic carbocycles. The number of nitrogens with zero attached hydrogens (tertiary/aromatic N) is 2. The van der Waals surface area contributed by atoms with Gasteiger partial charge in [-0.05, 0) is 31.5 Å². The molecule has 19 heavy (non-hydrogen) atoms. The molecular formula is C14H15ClN2O2. The molecule has 100 valence electrons. The van der Waals surface area contributed by atoms with Crippen molar-refractivity contribution in [3.8, 4) is 22.6 Å². The maximum atomic E-state index is 6.07. The van der Waals surface area contributed by atoms with Crippen molar-refractivity contribution in [2.45, 2.75) is 13.8 Å². The number of halogens is 1. The van der Waals surface area contributed by atoms with E-state index in [0.717, 1.165) is 16.9 Å². The number of hydrogen-bond acceptors (Lipinski definition) is 4. The molecule has 0 aliphatic rings. The van der Waals surface area contributed by atoms with E-state index >= 15 is 0 Å². The maximum Gasteiger partial charge on any atom is 0.161 e. The van der Waals surface area contributed by atoms with Crippen LogP contribution >= 0.6 is 11.6 Å². The van der Waals surface area contributed by atoms with Gasteiger partial charge >= 0.3 is 0 Å². The predicted octanol–water partition coefficient (Wildman–Crippen LogP) is 3.59. The lowest BCUT2D eigenvalue weighted by atomic mass is 10.1. The van der Waals surface area contributed by atoms with Gasteiger partial charge in [0.2, 0.25) is 0 Å². The molecule has 0 amide bonds. The van der Waals surface area contributed by atoms with Crippen LogP contribution in [0.5, 0.6) is 11.5 Å². The van der Waals surface area contributed by atoms with E-state index in [1.165, 1.54) is 6.33 Å². The van der Waals surface area contributed by atoms with Gasteiger partial charge in [-0.2, -0.15) is 0 Å². The van der Waals surface area contributed by atoms with Crippen LogP contribution in [0.2, 0.25) is 5.15 Å². The quantitative estimate of drug-likeness (QED) is 0.784. The van der Waals surface area contributed by atoms with Crippen molar-refractivity contribution >= 4 is 11.6 Å². The number of benzene rings is 1. The second-order valence-electron chi connectivity index (χ2n) is 3.75. The second-order valence-corrected chi connectivity index (χ2v) is 4.11. The van der Waals surface area contributed by atoms with Crippen LogP contribution in [0.25, 0.3) is 11.1 Å². The highest BCUT2D eigenvalue weighted by Crippen LogP contribution is 2.34. The zero-order valence-electron chi connectivity index (χ0n) is 10.9. The highest BCUT2D eigenvalue weighted by molar-refractivity contribution is 6.32. The first-order valence-corrected chi connectivity index (χ1v) is 6.49. The van der Waals surface area contributed by atoms with Crippen LogP contribution in [0, 0.1) is 0 Å². The summed E-state index contributed by atoms with van der Waals surface area (Å²) in [6, 6.07) is 5.67. The van der Waals surface area contributed by atoms with E-state index in [9.17, 15) is 0 Å². The van der Waals surface area contributed by atoms with Crippen molar-refractivity contribution in [2.24, 2.45) is 0 Å². The zero-order chi connectivity index (χ0) is 13.7. The second kappa shape index (κ2) is 6.38. The molecule has 0 radical (unpaired) electrons.